The van der Waals surface area contributed by atoms with Gasteiger partial charge in [0.25, 0.3) is 0 Å². The maximum absolute atomic E-state index is 3.59. The molecule has 0 spiro atoms. The summed E-state index contributed by atoms with van der Waals surface area (Å²) < 4.78 is 0. The molecular weight excluding hydrogens is 208 g/mol. The van der Waals surface area contributed by atoms with Crippen molar-refractivity contribution in [3.8, 4) is 0 Å². The molecule has 1 unspecified atom stereocenters. The van der Waals surface area contributed by atoms with Crippen molar-refractivity contribution >= 4 is 0 Å². The van der Waals surface area contributed by atoms with Gasteiger partial charge in [0.15, 0.2) is 0 Å². The largest absolute Gasteiger partial charge is 0.316 e. The Labute approximate surface area is 107 Å². The van der Waals surface area contributed by atoms with Gasteiger partial charge in [-0.2, -0.15) is 0 Å². The van der Waals surface area contributed by atoms with Crippen LogP contribution in [-0.2, 0) is 0 Å². The summed E-state index contributed by atoms with van der Waals surface area (Å²) in [6.45, 7) is 12.2. The Morgan fingerprint density at radius 3 is 2.47 bits per heavy atom. The Morgan fingerprint density at radius 1 is 1.29 bits per heavy atom. The van der Waals surface area contributed by atoms with Gasteiger partial charge in [0, 0.05) is 19.1 Å². The first-order valence-electron chi connectivity index (χ1n) is 7.63. The lowest BCUT2D eigenvalue weighted by Gasteiger charge is -2.40. The van der Waals surface area contributed by atoms with Crippen molar-refractivity contribution < 1.29 is 0 Å². The van der Waals surface area contributed by atoms with Gasteiger partial charge in [-0.25, -0.2) is 0 Å². The highest BCUT2D eigenvalue weighted by Gasteiger charge is 2.39. The van der Waals surface area contributed by atoms with E-state index in [9.17, 15) is 0 Å². The Balaban J connectivity index is 2.00. The standard InChI is InChI=1S/C15H30N2/c1-4-17(14-7-5-6-8-14)12-15(13(2)3)9-10-16-11-15/h13-14,16H,4-12H2,1-3H3. The van der Waals surface area contributed by atoms with Gasteiger partial charge in [-0.1, -0.05) is 33.6 Å². The highest BCUT2D eigenvalue weighted by molar-refractivity contribution is 4.94. The minimum Gasteiger partial charge on any atom is -0.316 e. The van der Waals surface area contributed by atoms with E-state index in [-0.39, 0.29) is 0 Å². The summed E-state index contributed by atoms with van der Waals surface area (Å²) in [5.41, 5.74) is 0.540. The Kier molecular flexibility index (Phi) is 4.48. The zero-order chi connectivity index (χ0) is 12.3. The number of nitrogens with one attached hydrogen (secondary N) is 1. The van der Waals surface area contributed by atoms with Crippen molar-refractivity contribution in [2.75, 3.05) is 26.2 Å². The summed E-state index contributed by atoms with van der Waals surface area (Å²) in [5, 5.41) is 3.59. The van der Waals surface area contributed by atoms with Crippen LogP contribution in [0.15, 0.2) is 0 Å². The number of hydrogen-bond acceptors (Lipinski definition) is 2. The topological polar surface area (TPSA) is 15.3 Å². The maximum Gasteiger partial charge on any atom is 0.00953 e. The van der Waals surface area contributed by atoms with Crippen LogP contribution < -0.4 is 5.32 Å². The summed E-state index contributed by atoms with van der Waals surface area (Å²) in [6, 6.07) is 0.885. The van der Waals surface area contributed by atoms with E-state index in [1.807, 2.05) is 0 Å². The van der Waals surface area contributed by atoms with Gasteiger partial charge in [-0.15, -0.1) is 0 Å². The third kappa shape index (κ3) is 2.85. The van der Waals surface area contributed by atoms with Gasteiger partial charge in [0.2, 0.25) is 0 Å². The number of hydrogen-bond donors (Lipinski definition) is 1. The minimum absolute atomic E-state index is 0.540. The number of rotatable bonds is 5. The molecule has 2 heteroatoms. The molecule has 2 aliphatic rings. The van der Waals surface area contributed by atoms with E-state index < -0.39 is 0 Å². The van der Waals surface area contributed by atoms with Crippen molar-refractivity contribution in [3.63, 3.8) is 0 Å². The molecule has 2 rings (SSSR count). The molecule has 0 amide bonds. The lowest BCUT2D eigenvalue weighted by Crippen LogP contribution is -2.46. The molecule has 1 saturated carbocycles. The average molecular weight is 238 g/mol. The molecule has 0 radical (unpaired) electrons. The van der Waals surface area contributed by atoms with Crippen LogP contribution in [0.25, 0.3) is 0 Å². The molecule has 1 saturated heterocycles. The normalized spacial score (nSPS) is 30.9. The summed E-state index contributed by atoms with van der Waals surface area (Å²) in [6.07, 6.45) is 7.15. The van der Waals surface area contributed by atoms with Gasteiger partial charge in [0.1, 0.15) is 0 Å². The zero-order valence-electron chi connectivity index (χ0n) is 12.0. The van der Waals surface area contributed by atoms with Crippen molar-refractivity contribution in [1.29, 1.82) is 0 Å². The van der Waals surface area contributed by atoms with Crippen LogP contribution in [0.4, 0.5) is 0 Å². The van der Waals surface area contributed by atoms with E-state index in [1.54, 1.807) is 0 Å². The molecule has 2 fully saturated rings. The Bertz CT molecular complexity index is 225. The van der Waals surface area contributed by atoms with Crippen LogP contribution in [0, 0.1) is 11.3 Å². The summed E-state index contributed by atoms with van der Waals surface area (Å²) in [5.74, 6) is 0.799. The first-order valence-corrected chi connectivity index (χ1v) is 7.63. The fourth-order valence-corrected chi connectivity index (χ4v) is 3.75. The van der Waals surface area contributed by atoms with Crippen LogP contribution in [0.2, 0.25) is 0 Å². The van der Waals surface area contributed by atoms with Gasteiger partial charge < -0.3 is 10.2 Å². The Morgan fingerprint density at radius 2 is 2.00 bits per heavy atom. The van der Waals surface area contributed by atoms with Gasteiger partial charge in [-0.05, 0) is 43.7 Å². The van der Waals surface area contributed by atoms with Crippen molar-refractivity contribution in [2.45, 2.75) is 58.9 Å². The molecule has 1 heterocycles. The van der Waals surface area contributed by atoms with Gasteiger partial charge >= 0.3 is 0 Å². The molecule has 100 valence electrons. The van der Waals surface area contributed by atoms with Crippen molar-refractivity contribution in [3.05, 3.63) is 0 Å². The predicted molar refractivity (Wildman–Crippen MR) is 74.3 cm³/mol. The van der Waals surface area contributed by atoms with Crippen molar-refractivity contribution in [2.24, 2.45) is 11.3 Å². The molecule has 0 aromatic carbocycles. The molecule has 1 atom stereocenters. The molecule has 1 aliphatic heterocycles. The molecule has 1 aliphatic carbocycles. The summed E-state index contributed by atoms with van der Waals surface area (Å²) >= 11 is 0. The highest BCUT2D eigenvalue weighted by atomic mass is 15.2. The monoisotopic (exact) mass is 238 g/mol. The molecule has 1 N–H and O–H groups in total. The van der Waals surface area contributed by atoms with E-state index in [2.05, 4.69) is 31.0 Å². The van der Waals surface area contributed by atoms with E-state index in [1.165, 1.54) is 58.3 Å². The van der Waals surface area contributed by atoms with E-state index in [4.69, 9.17) is 0 Å². The van der Waals surface area contributed by atoms with Crippen LogP contribution in [0.1, 0.15) is 52.9 Å². The highest BCUT2D eigenvalue weighted by Crippen LogP contribution is 2.36. The summed E-state index contributed by atoms with van der Waals surface area (Å²) in [4.78, 5) is 2.78. The van der Waals surface area contributed by atoms with Gasteiger partial charge in [0.05, 0.1) is 0 Å². The minimum atomic E-state index is 0.540. The van der Waals surface area contributed by atoms with Crippen LogP contribution >= 0.6 is 0 Å². The quantitative estimate of drug-likeness (QED) is 0.792. The molecule has 0 aromatic rings. The van der Waals surface area contributed by atoms with Gasteiger partial charge in [-0.3, -0.25) is 0 Å². The first-order chi connectivity index (χ1) is 8.18. The molecular formula is C15H30N2. The smallest absolute Gasteiger partial charge is 0.00953 e. The second kappa shape index (κ2) is 5.71. The fourth-order valence-electron chi connectivity index (χ4n) is 3.75. The third-order valence-corrected chi connectivity index (χ3v) is 5.27. The average Bonchev–Trinajstić information content (AvgIpc) is 2.97. The van der Waals surface area contributed by atoms with Crippen LogP contribution in [0.3, 0.4) is 0 Å². The van der Waals surface area contributed by atoms with Crippen molar-refractivity contribution in [1.82, 2.24) is 10.2 Å². The summed E-state index contributed by atoms with van der Waals surface area (Å²) in [7, 11) is 0. The van der Waals surface area contributed by atoms with E-state index >= 15 is 0 Å². The van der Waals surface area contributed by atoms with E-state index in [0.29, 0.717) is 5.41 Å². The lowest BCUT2D eigenvalue weighted by molar-refractivity contribution is 0.0906. The zero-order valence-corrected chi connectivity index (χ0v) is 12.0. The Hall–Kier alpha value is -0.0800. The maximum atomic E-state index is 3.59. The molecule has 0 aromatic heterocycles. The lowest BCUT2D eigenvalue weighted by atomic mass is 9.75. The SMILES string of the molecule is CCN(CC1(C(C)C)CCNC1)C1CCCC1. The third-order valence-electron chi connectivity index (χ3n) is 5.27. The fraction of sp³-hybridized carbons (Fsp3) is 1.00. The molecule has 0 bridgehead atoms. The van der Waals surface area contributed by atoms with Crippen LogP contribution in [0.5, 0.6) is 0 Å². The van der Waals surface area contributed by atoms with Crippen LogP contribution in [-0.4, -0.2) is 37.1 Å². The molecule has 17 heavy (non-hydrogen) atoms. The predicted octanol–water partition coefficient (Wildman–Crippen LogP) is 2.89. The second-order valence-corrected chi connectivity index (χ2v) is 6.45. The number of nitrogens with zero attached hydrogens (tertiary/aromatic N) is 1. The first kappa shape index (κ1) is 13.4. The second-order valence-electron chi connectivity index (χ2n) is 6.45. The molecule has 2 nitrogen and oxygen atoms in total. The van der Waals surface area contributed by atoms with E-state index in [0.717, 1.165) is 12.0 Å².